The van der Waals surface area contributed by atoms with Crippen molar-refractivity contribution in [1.82, 2.24) is 0 Å². The van der Waals surface area contributed by atoms with Gasteiger partial charge in [-0.05, 0) is 31.2 Å². The maximum Gasteiger partial charge on any atom is 0.229 e. The topological polar surface area (TPSA) is 227 Å². The van der Waals surface area contributed by atoms with Crippen LogP contribution in [0.15, 0.2) is 45.6 Å². The number of fused-ring (bicyclic) bond motifs is 1. The maximum absolute atomic E-state index is 13.1. The Hall–Kier alpha value is -3.51. The molecule has 0 saturated carbocycles. The van der Waals surface area contributed by atoms with Crippen LogP contribution in [0.2, 0.25) is 0 Å². The molecule has 10 unspecified atom stereocenters. The van der Waals surface area contributed by atoms with Crippen LogP contribution in [-0.4, -0.2) is 118 Å². The zero-order valence-corrected chi connectivity index (χ0v) is 23.8. The number of aromatic hydroxyl groups is 1. The molecule has 2 saturated heterocycles. The van der Waals surface area contributed by atoms with Gasteiger partial charge < -0.3 is 68.6 Å². The van der Waals surface area contributed by atoms with Crippen molar-refractivity contribution in [2.24, 2.45) is 0 Å². The van der Waals surface area contributed by atoms with Crippen LogP contribution in [-0.2, 0) is 14.2 Å². The smallest absolute Gasteiger partial charge is 0.229 e. The van der Waals surface area contributed by atoms with E-state index in [4.69, 9.17) is 32.8 Å². The number of hydrogen-bond donors (Lipinski definition) is 7. The Morgan fingerprint density at radius 2 is 1.52 bits per heavy atom. The highest BCUT2D eigenvalue weighted by Crippen LogP contribution is 2.44. The van der Waals surface area contributed by atoms with Gasteiger partial charge in [-0.15, -0.1) is 0 Å². The van der Waals surface area contributed by atoms with Gasteiger partial charge >= 0.3 is 0 Å². The largest absolute Gasteiger partial charge is 0.504 e. The fourth-order valence-corrected chi connectivity index (χ4v) is 5.14. The van der Waals surface area contributed by atoms with E-state index in [1.165, 1.54) is 33.3 Å². The molecule has 15 nitrogen and oxygen atoms in total. The van der Waals surface area contributed by atoms with Gasteiger partial charge in [-0.1, -0.05) is 0 Å². The van der Waals surface area contributed by atoms with Crippen LogP contribution in [0.4, 0.5) is 0 Å². The summed E-state index contributed by atoms with van der Waals surface area (Å²) in [6, 6.07) is 9.22. The molecule has 0 spiro atoms. The number of rotatable bonds is 8. The molecule has 2 aromatic carbocycles. The standard InChI is InChI=1S/C29H34O15/c1-11-20(32)22(34)24(36)28(40-11)44-27-18(10-30)42-29(25(37)23(27)35)43-26-17(39-3)9-16-19(21(26)33)14(31)8-15(41-16)12-4-6-13(38-2)7-5-12/h4-9,11,18,20,22-25,27-30,32-37H,10H2,1-3H3. The first-order valence-electron chi connectivity index (χ1n) is 13.7. The minimum atomic E-state index is -1.87. The van der Waals surface area contributed by atoms with E-state index in [0.717, 1.165) is 0 Å². The van der Waals surface area contributed by atoms with Gasteiger partial charge in [0, 0.05) is 17.7 Å². The van der Waals surface area contributed by atoms with Gasteiger partial charge in [-0.25, -0.2) is 0 Å². The van der Waals surface area contributed by atoms with E-state index in [0.29, 0.717) is 11.3 Å². The molecule has 15 heteroatoms. The number of methoxy groups -OCH3 is 2. The highest BCUT2D eigenvalue weighted by atomic mass is 16.7. The molecule has 0 radical (unpaired) electrons. The molecule has 5 rings (SSSR count). The van der Waals surface area contributed by atoms with Crippen LogP contribution in [0.3, 0.4) is 0 Å². The number of phenolic OH excluding ortho intramolecular Hbond substituents is 1. The molecular formula is C29H34O15. The second-order valence-corrected chi connectivity index (χ2v) is 10.4. The summed E-state index contributed by atoms with van der Waals surface area (Å²) in [6.07, 6.45) is -15.6. The average molecular weight is 623 g/mol. The van der Waals surface area contributed by atoms with E-state index < -0.39 is 84.9 Å². The molecule has 0 aliphatic carbocycles. The maximum atomic E-state index is 13.1. The van der Waals surface area contributed by atoms with Crippen molar-refractivity contribution in [2.75, 3.05) is 20.8 Å². The van der Waals surface area contributed by atoms with Crippen LogP contribution in [0.5, 0.6) is 23.0 Å². The summed E-state index contributed by atoms with van der Waals surface area (Å²) in [7, 11) is 2.78. The summed E-state index contributed by atoms with van der Waals surface area (Å²) >= 11 is 0. The van der Waals surface area contributed by atoms with Crippen LogP contribution in [0.1, 0.15) is 6.92 Å². The van der Waals surface area contributed by atoms with E-state index in [-0.39, 0.29) is 22.5 Å². The fraction of sp³-hybridized carbons (Fsp3) is 0.483. The minimum Gasteiger partial charge on any atom is -0.504 e. The third kappa shape index (κ3) is 5.81. The Morgan fingerprint density at radius 3 is 2.16 bits per heavy atom. The molecule has 2 aliphatic heterocycles. The molecular weight excluding hydrogens is 588 g/mol. The molecule has 3 aromatic rings. The van der Waals surface area contributed by atoms with Crippen LogP contribution in [0.25, 0.3) is 22.3 Å². The van der Waals surface area contributed by atoms with Gasteiger partial charge in [0.25, 0.3) is 0 Å². The Bertz CT molecular complexity index is 1510. The van der Waals surface area contributed by atoms with E-state index >= 15 is 0 Å². The lowest BCUT2D eigenvalue weighted by molar-refractivity contribution is -0.349. The molecule has 2 fully saturated rings. The number of hydrogen-bond acceptors (Lipinski definition) is 15. The molecule has 10 atom stereocenters. The van der Waals surface area contributed by atoms with Crippen LogP contribution in [0, 0.1) is 0 Å². The van der Waals surface area contributed by atoms with Gasteiger partial charge in [0.1, 0.15) is 65.2 Å². The monoisotopic (exact) mass is 622 g/mol. The second kappa shape index (κ2) is 12.8. The van der Waals surface area contributed by atoms with Crippen LogP contribution >= 0.6 is 0 Å². The SMILES string of the molecule is COc1ccc(-c2cc(=O)c3c(O)c(OC4OC(CO)C(OC5OC(C)C(O)C(O)C5O)C(O)C4O)c(OC)cc3o2)cc1. The lowest BCUT2D eigenvalue weighted by atomic mass is 9.97. The predicted octanol–water partition coefficient (Wildman–Crippen LogP) is -0.787. The van der Waals surface area contributed by atoms with Crippen molar-refractivity contribution in [3.63, 3.8) is 0 Å². The highest BCUT2D eigenvalue weighted by Gasteiger charge is 2.50. The second-order valence-electron chi connectivity index (χ2n) is 10.4. The molecule has 1 aromatic heterocycles. The minimum absolute atomic E-state index is 0.0376. The van der Waals surface area contributed by atoms with Crippen LogP contribution < -0.4 is 19.6 Å². The molecule has 0 bridgehead atoms. The quantitative estimate of drug-likeness (QED) is 0.163. The first-order valence-corrected chi connectivity index (χ1v) is 13.7. The Kier molecular flexibility index (Phi) is 9.31. The third-order valence-corrected chi connectivity index (χ3v) is 7.66. The fourth-order valence-electron chi connectivity index (χ4n) is 5.14. The normalized spacial score (nSPS) is 32.4. The number of aliphatic hydroxyl groups is 6. The van der Waals surface area contributed by atoms with Crippen molar-refractivity contribution in [3.8, 4) is 34.3 Å². The lowest BCUT2D eigenvalue weighted by Crippen LogP contribution is -2.64. The lowest BCUT2D eigenvalue weighted by Gasteiger charge is -2.45. The summed E-state index contributed by atoms with van der Waals surface area (Å²) in [6.45, 7) is 0.659. The molecule has 44 heavy (non-hydrogen) atoms. The van der Waals surface area contributed by atoms with Crippen molar-refractivity contribution in [1.29, 1.82) is 0 Å². The highest BCUT2D eigenvalue weighted by molar-refractivity contribution is 5.89. The van der Waals surface area contributed by atoms with E-state index in [9.17, 15) is 40.5 Å². The van der Waals surface area contributed by atoms with Gasteiger partial charge in [0.15, 0.2) is 23.2 Å². The number of aliphatic hydroxyl groups excluding tert-OH is 6. The zero-order valence-electron chi connectivity index (χ0n) is 23.8. The Labute approximate surface area is 249 Å². The first kappa shape index (κ1) is 31.9. The number of benzene rings is 2. The average Bonchev–Trinajstić information content (AvgIpc) is 3.02. The van der Waals surface area contributed by atoms with E-state index in [2.05, 4.69) is 0 Å². The van der Waals surface area contributed by atoms with Gasteiger partial charge in [-0.2, -0.15) is 0 Å². The summed E-state index contributed by atoms with van der Waals surface area (Å²) in [5, 5.41) is 72.9. The Morgan fingerprint density at radius 1 is 0.841 bits per heavy atom. The zero-order chi connectivity index (χ0) is 31.9. The number of ether oxygens (including phenoxy) is 6. The van der Waals surface area contributed by atoms with E-state index in [1.807, 2.05) is 0 Å². The summed E-state index contributed by atoms with van der Waals surface area (Å²) in [4.78, 5) is 13.1. The van der Waals surface area contributed by atoms with Gasteiger partial charge in [0.2, 0.25) is 12.0 Å². The molecule has 0 amide bonds. The number of phenols is 1. The first-order chi connectivity index (χ1) is 21.0. The van der Waals surface area contributed by atoms with Crippen molar-refractivity contribution < 1.29 is 68.6 Å². The van der Waals surface area contributed by atoms with Crippen molar-refractivity contribution >= 4 is 11.0 Å². The van der Waals surface area contributed by atoms with Gasteiger partial charge in [-0.3, -0.25) is 4.79 Å². The predicted molar refractivity (Wildman–Crippen MR) is 148 cm³/mol. The van der Waals surface area contributed by atoms with Crippen molar-refractivity contribution in [3.05, 3.63) is 46.6 Å². The Balaban J connectivity index is 1.41. The van der Waals surface area contributed by atoms with Crippen molar-refractivity contribution in [2.45, 2.75) is 68.3 Å². The molecule has 3 heterocycles. The van der Waals surface area contributed by atoms with Gasteiger partial charge in [0.05, 0.1) is 26.9 Å². The van der Waals surface area contributed by atoms with E-state index in [1.54, 1.807) is 24.3 Å². The molecule has 7 N–H and O–H groups in total. The molecule has 240 valence electrons. The molecule has 2 aliphatic rings. The summed E-state index contributed by atoms with van der Waals surface area (Å²) in [5.74, 6) is -0.429. The summed E-state index contributed by atoms with van der Waals surface area (Å²) < 4.78 is 38.7. The summed E-state index contributed by atoms with van der Waals surface area (Å²) in [5.41, 5.74) is -0.0969. The third-order valence-electron chi connectivity index (χ3n) is 7.66.